The molecular formula is C16H15BrO. The van der Waals surface area contributed by atoms with Gasteiger partial charge in [0.15, 0.2) is 0 Å². The molecule has 18 heavy (non-hydrogen) atoms. The normalized spacial score (nSPS) is 10.2. The van der Waals surface area contributed by atoms with Gasteiger partial charge in [0.1, 0.15) is 5.75 Å². The van der Waals surface area contributed by atoms with E-state index < -0.39 is 0 Å². The van der Waals surface area contributed by atoms with Gasteiger partial charge in [0.2, 0.25) is 0 Å². The lowest BCUT2D eigenvalue weighted by Gasteiger charge is -2.11. The molecule has 0 spiro atoms. The van der Waals surface area contributed by atoms with Crippen LogP contribution >= 0.6 is 15.9 Å². The quantitative estimate of drug-likeness (QED) is 0.789. The maximum absolute atomic E-state index is 5.16. The second-order valence-corrected chi connectivity index (χ2v) is 5.08. The average molecular weight is 303 g/mol. The Labute approximate surface area is 116 Å². The molecule has 2 aromatic rings. The predicted octanol–water partition coefficient (Wildman–Crippen LogP) is 4.83. The minimum atomic E-state index is 0.859. The minimum Gasteiger partial charge on any atom is -0.497 e. The van der Waals surface area contributed by atoms with Crippen molar-refractivity contribution in [3.63, 3.8) is 0 Å². The van der Waals surface area contributed by atoms with Gasteiger partial charge in [-0.25, -0.2) is 0 Å². The topological polar surface area (TPSA) is 9.23 Å². The van der Waals surface area contributed by atoms with Crippen molar-refractivity contribution in [3.8, 4) is 5.75 Å². The van der Waals surface area contributed by atoms with E-state index in [2.05, 4.69) is 41.6 Å². The molecule has 0 saturated heterocycles. The fourth-order valence-corrected chi connectivity index (χ4v) is 2.23. The number of benzene rings is 2. The fraction of sp³-hybridized carbons (Fsp3) is 0.125. The Morgan fingerprint density at radius 3 is 2.39 bits per heavy atom. The number of halogens is 1. The Kier molecular flexibility index (Phi) is 3.87. The maximum atomic E-state index is 5.16. The molecule has 2 rings (SSSR count). The van der Waals surface area contributed by atoms with Gasteiger partial charge in [-0.05, 0) is 53.5 Å². The van der Waals surface area contributed by atoms with Gasteiger partial charge in [-0.2, -0.15) is 0 Å². The van der Waals surface area contributed by atoms with Crippen molar-refractivity contribution < 1.29 is 4.74 Å². The van der Waals surface area contributed by atoms with Crippen LogP contribution in [0.5, 0.6) is 5.75 Å². The second kappa shape index (κ2) is 5.40. The van der Waals surface area contributed by atoms with E-state index in [1.165, 1.54) is 5.56 Å². The average Bonchev–Trinajstić information content (AvgIpc) is 2.41. The lowest BCUT2D eigenvalue weighted by molar-refractivity contribution is 0.415. The van der Waals surface area contributed by atoms with E-state index in [-0.39, 0.29) is 0 Å². The van der Waals surface area contributed by atoms with Gasteiger partial charge in [-0.15, -0.1) is 0 Å². The molecule has 0 atom stereocenters. The monoisotopic (exact) mass is 302 g/mol. The number of aryl methyl sites for hydroxylation is 1. The van der Waals surface area contributed by atoms with Crippen LogP contribution in [-0.2, 0) is 0 Å². The first-order chi connectivity index (χ1) is 8.61. The van der Waals surface area contributed by atoms with Crippen molar-refractivity contribution >= 4 is 21.5 Å². The molecular weight excluding hydrogens is 288 g/mol. The highest BCUT2D eigenvalue weighted by molar-refractivity contribution is 9.10. The van der Waals surface area contributed by atoms with Crippen LogP contribution in [0.4, 0.5) is 0 Å². The van der Waals surface area contributed by atoms with Gasteiger partial charge in [0, 0.05) is 4.47 Å². The lowest BCUT2D eigenvalue weighted by Crippen LogP contribution is -1.91. The molecule has 1 nitrogen and oxygen atoms in total. The molecule has 0 unspecified atom stereocenters. The number of hydrogen-bond donors (Lipinski definition) is 0. The number of ether oxygens (including phenoxy) is 1. The van der Waals surface area contributed by atoms with Crippen LogP contribution in [0.3, 0.4) is 0 Å². The van der Waals surface area contributed by atoms with Crippen molar-refractivity contribution in [1.82, 2.24) is 0 Å². The van der Waals surface area contributed by atoms with Gasteiger partial charge < -0.3 is 4.74 Å². The van der Waals surface area contributed by atoms with E-state index in [0.717, 1.165) is 26.9 Å². The number of methoxy groups -OCH3 is 1. The summed E-state index contributed by atoms with van der Waals surface area (Å²) in [6.45, 7) is 6.28. The first kappa shape index (κ1) is 12.9. The zero-order valence-corrected chi connectivity index (χ0v) is 12.1. The molecule has 0 aliphatic heterocycles. The summed E-state index contributed by atoms with van der Waals surface area (Å²) in [4.78, 5) is 0. The van der Waals surface area contributed by atoms with Gasteiger partial charge in [0.05, 0.1) is 7.11 Å². The molecule has 0 heterocycles. The standard InChI is InChI=1S/C16H15BrO/c1-11-4-7-14(17)10-16(11)12(2)13-5-8-15(18-3)9-6-13/h4-10H,2H2,1,3H3. The summed E-state index contributed by atoms with van der Waals surface area (Å²) in [5.41, 5.74) is 4.52. The molecule has 92 valence electrons. The molecule has 0 aliphatic rings. The smallest absolute Gasteiger partial charge is 0.118 e. The SMILES string of the molecule is C=C(c1ccc(OC)cc1)c1cc(Br)ccc1C. The first-order valence-corrected chi connectivity index (χ1v) is 6.51. The van der Waals surface area contributed by atoms with E-state index >= 15 is 0 Å². The van der Waals surface area contributed by atoms with Crippen LogP contribution in [0.15, 0.2) is 53.5 Å². The van der Waals surface area contributed by atoms with E-state index in [1.807, 2.05) is 30.3 Å². The predicted molar refractivity (Wildman–Crippen MR) is 80.0 cm³/mol. The third kappa shape index (κ3) is 2.65. The van der Waals surface area contributed by atoms with E-state index in [1.54, 1.807) is 7.11 Å². The molecule has 2 aromatic carbocycles. The molecule has 0 fully saturated rings. The highest BCUT2D eigenvalue weighted by Gasteiger charge is 2.06. The van der Waals surface area contributed by atoms with Crippen molar-refractivity contribution in [3.05, 3.63) is 70.2 Å². The fourth-order valence-electron chi connectivity index (χ4n) is 1.87. The molecule has 0 bridgehead atoms. The van der Waals surface area contributed by atoms with Crippen LogP contribution in [0.25, 0.3) is 5.57 Å². The van der Waals surface area contributed by atoms with Crippen molar-refractivity contribution in [2.45, 2.75) is 6.92 Å². The summed E-state index contributed by atoms with van der Waals surface area (Å²) in [7, 11) is 1.67. The summed E-state index contributed by atoms with van der Waals surface area (Å²) < 4.78 is 6.23. The van der Waals surface area contributed by atoms with E-state index in [9.17, 15) is 0 Å². The van der Waals surface area contributed by atoms with E-state index in [4.69, 9.17) is 4.74 Å². The Morgan fingerprint density at radius 1 is 1.11 bits per heavy atom. The summed E-state index contributed by atoms with van der Waals surface area (Å²) in [5.74, 6) is 0.859. The van der Waals surface area contributed by atoms with Crippen molar-refractivity contribution in [2.75, 3.05) is 7.11 Å². The second-order valence-electron chi connectivity index (χ2n) is 4.17. The molecule has 2 heteroatoms. The molecule has 0 aliphatic carbocycles. The van der Waals surface area contributed by atoms with Crippen LogP contribution in [0.2, 0.25) is 0 Å². The highest BCUT2D eigenvalue weighted by atomic mass is 79.9. The summed E-state index contributed by atoms with van der Waals surface area (Å²) in [6, 6.07) is 14.2. The molecule has 0 saturated carbocycles. The third-order valence-corrected chi connectivity index (χ3v) is 3.46. The van der Waals surface area contributed by atoms with Gasteiger partial charge in [-0.3, -0.25) is 0 Å². The third-order valence-electron chi connectivity index (χ3n) is 2.96. The Bertz CT molecular complexity index is 570. The van der Waals surface area contributed by atoms with Gasteiger partial charge in [0.25, 0.3) is 0 Å². The van der Waals surface area contributed by atoms with Crippen LogP contribution in [-0.4, -0.2) is 7.11 Å². The van der Waals surface area contributed by atoms with Crippen molar-refractivity contribution in [1.29, 1.82) is 0 Å². The van der Waals surface area contributed by atoms with Crippen molar-refractivity contribution in [2.24, 2.45) is 0 Å². The zero-order chi connectivity index (χ0) is 13.1. The first-order valence-electron chi connectivity index (χ1n) is 5.71. The number of rotatable bonds is 3. The van der Waals surface area contributed by atoms with E-state index in [0.29, 0.717) is 0 Å². The molecule has 0 N–H and O–H groups in total. The zero-order valence-electron chi connectivity index (χ0n) is 10.5. The van der Waals surface area contributed by atoms with Crippen LogP contribution in [0.1, 0.15) is 16.7 Å². The number of hydrogen-bond acceptors (Lipinski definition) is 1. The molecule has 0 aromatic heterocycles. The van der Waals surface area contributed by atoms with Gasteiger partial charge in [-0.1, -0.05) is 40.7 Å². The van der Waals surface area contributed by atoms with Crippen LogP contribution < -0.4 is 4.74 Å². The highest BCUT2D eigenvalue weighted by Crippen LogP contribution is 2.28. The Morgan fingerprint density at radius 2 is 1.78 bits per heavy atom. The Balaban J connectivity index is 2.38. The molecule has 0 radical (unpaired) electrons. The minimum absolute atomic E-state index is 0.859. The molecule has 0 amide bonds. The largest absolute Gasteiger partial charge is 0.497 e. The summed E-state index contributed by atoms with van der Waals surface area (Å²) in [6.07, 6.45) is 0. The summed E-state index contributed by atoms with van der Waals surface area (Å²) in [5, 5.41) is 0. The van der Waals surface area contributed by atoms with Crippen LogP contribution in [0, 0.1) is 6.92 Å². The lowest BCUT2D eigenvalue weighted by atomic mass is 9.96. The van der Waals surface area contributed by atoms with Gasteiger partial charge >= 0.3 is 0 Å². The summed E-state index contributed by atoms with van der Waals surface area (Å²) >= 11 is 3.50. The maximum Gasteiger partial charge on any atom is 0.118 e. The Hall–Kier alpha value is -1.54.